The third kappa shape index (κ3) is 3.26. The van der Waals surface area contributed by atoms with Crippen molar-refractivity contribution >= 4 is 21.6 Å². The first-order valence-corrected chi connectivity index (χ1v) is 11.5. The van der Waals surface area contributed by atoms with Crippen LogP contribution in [0.1, 0.15) is 34.0 Å². The van der Waals surface area contributed by atoms with Gasteiger partial charge in [-0.3, -0.25) is 14.3 Å². The maximum atomic E-state index is 13.5. The van der Waals surface area contributed by atoms with Crippen molar-refractivity contribution in [1.82, 2.24) is 14.5 Å². The molecule has 2 aliphatic rings. The summed E-state index contributed by atoms with van der Waals surface area (Å²) in [5, 5.41) is 0.867. The Balaban J connectivity index is 1.47. The van der Waals surface area contributed by atoms with Crippen molar-refractivity contribution in [3.8, 4) is 0 Å². The number of fused-ring (bicyclic) bond motifs is 4. The topological polar surface area (TPSA) is 38.1 Å². The van der Waals surface area contributed by atoms with Gasteiger partial charge in [0.15, 0.2) is 0 Å². The highest BCUT2D eigenvalue weighted by atomic mass is 32.1. The van der Waals surface area contributed by atoms with Crippen molar-refractivity contribution in [2.24, 2.45) is 0 Å². The summed E-state index contributed by atoms with van der Waals surface area (Å²) in [7, 11) is 0. The molecule has 0 unspecified atom stereocenters. The molecule has 0 radical (unpaired) electrons. The minimum atomic E-state index is 0.141. The molecule has 154 valence electrons. The first-order chi connectivity index (χ1) is 14.7. The second kappa shape index (κ2) is 7.97. The monoisotopic (exact) mass is 417 g/mol. The molecule has 0 amide bonds. The van der Waals surface area contributed by atoms with E-state index in [0.717, 1.165) is 55.4 Å². The van der Waals surface area contributed by atoms with Crippen molar-refractivity contribution in [1.29, 1.82) is 0 Å². The van der Waals surface area contributed by atoms with Gasteiger partial charge < -0.3 is 0 Å². The molecule has 3 aromatic rings. The third-order valence-corrected chi connectivity index (χ3v) is 7.80. The van der Waals surface area contributed by atoms with Crippen LogP contribution in [0.5, 0.6) is 0 Å². The van der Waals surface area contributed by atoms with E-state index in [1.165, 1.54) is 21.6 Å². The van der Waals surface area contributed by atoms with Gasteiger partial charge in [0.2, 0.25) is 0 Å². The van der Waals surface area contributed by atoms with Gasteiger partial charge in [-0.05, 0) is 48.8 Å². The predicted molar refractivity (Wildman–Crippen MR) is 125 cm³/mol. The Labute approximate surface area is 181 Å². The van der Waals surface area contributed by atoms with Gasteiger partial charge in [0.25, 0.3) is 5.56 Å². The molecule has 2 aromatic heterocycles. The predicted octanol–water partition coefficient (Wildman–Crippen LogP) is 4.33. The lowest BCUT2D eigenvalue weighted by Gasteiger charge is -2.32. The Hall–Kier alpha value is -2.50. The summed E-state index contributed by atoms with van der Waals surface area (Å²) in [4.78, 5) is 22.9. The van der Waals surface area contributed by atoms with Gasteiger partial charge in [-0.2, -0.15) is 0 Å². The third-order valence-electron chi connectivity index (χ3n) is 6.63. The Morgan fingerprint density at radius 1 is 1.13 bits per heavy atom. The maximum Gasteiger partial charge on any atom is 0.262 e. The van der Waals surface area contributed by atoms with Crippen LogP contribution < -0.4 is 5.56 Å². The van der Waals surface area contributed by atoms with Gasteiger partial charge in [-0.1, -0.05) is 36.4 Å². The van der Waals surface area contributed by atoms with Crippen LogP contribution in [0.3, 0.4) is 0 Å². The molecule has 2 aliphatic carbocycles. The van der Waals surface area contributed by atoms with Crippen molar-refractivity contribution in [2.75, 3.05) is 13.1 Å². The molecule has 0 fully saturated rings. The smallest absolute Gasteiger partial charge is 0.262 e. The number of nitrogens with zero attached hydrogens (tertiary/aromatic N) is 3. The normalized spacial score (nSPS) is 18.5. The minimum Gasteiger partial charge on any atom is -0.295 e. The standard InChI is InChI=1S/C25H27N3OS/c1-3-11-27(12-4-2)19-9-10-21-22(15-19)30-24-23(21)25(29)28(16-26-24)20-13-17-7-5-6-8-18(17)14-20/h3-8,16,19-20H,1-2,9-15H2/t19-/m0/s1. The van der Waals surface area contributed by atoms with E-state index in [-0.39, 0.29) is 11.6 Å². The zero-order chi connectivity index (χ0) is 20.7. The zero-order valence-corrected chi connectivity index (χ0v) is 18.0. The quantitative estimate of drug-likeness (QED) is 0.561. The summed E-state index contributed by atoms with van der Waals surface area (Å²) >= 11 is 1.71. The maximum absolute atomic E-state index is 13.5. The summed E-state index contributed by atoms with van der Waals surface area (Å²) in [6.07, 6.45) is 10.5. The second-order valence-corrected chi connectivity index (χ2v) is 9.48. The number of aryl methyl sites for hydroxylation is 1. The molecule has 0 spiro atoms. The number of aromatic nitrogens is 2. The van der Waals surface area contributed by atoms with Crippen molar-refractivity contribution in [2.45, 2.75) is 44.2 Å². The molecule has 2 heterocycles. The Morgan fingerprint density at radius 2 is 1.83 bits per heavy atom. The summed E-state index contributed by atoms with van der Waals surface area (Å²) in [5.74, 6) is 0. The lowest BCUT2D eigenvalue weighted by Crippen LogP contribution is -2.39. The lowest BCUT2D eigenvalue weighted by atomic mass is 9.92. The van der Waals surface area contributed by atoms with Crippen molar-refractivity contribution in [3.05, 3.63) is 87.8 Å². The summed E-state index contributed by atoms with van der Waals surface area (Å²) in [6, 6.07) is 9.16. The number of hydrogen-bond donors (Lipinski definition) is 0. The van der Waals surface area contributed by atoms with E-state index >= 15 is 0 Å². The molecular formula is C25H27N3OS. The van der Waals surface area contributed by atoms with Crippen LogP contribution in [0.15, 0.2) is 60.7 Å². The Morgan fingerprint density at radius 3 is 2.50 bits per heavy atom. The highest BCUT2D eigenvalue weighted by Crippen LogP contribution is 2.36. The van der Waals surface area contributed by atoms with Gasteiger partial charge in [0, 0.05) is 30.1 Å². The van der Waals surface area contributed by atoms with Crippen LogP contribution >= 0.6 is 11.3 Å². The Kier molecular flexibility index (Phi) is 5.17. The first kappa shape index (κ1) is 19.5. The average Bonchev–Trinajstić information content (AvgIpc) is 3.34. The zero-order valence-electron chi connectivity index (χ0n) is 17.2. The molecule has 0 bridgehead atoms. The highest BCUT2D eigenvalue weighted by Gasteiger charge is 2.29. The van der Waals surface area contributed by atoms with E-state index in [0.29, 0.717) is 6.04 Å². The SMILES string of the molecule is C=CCN(CC=C)[C@H]1CCc2c(sc3ncn(C4Cc5ccccc5C4)c(=O)c23)C1. The van der Waals surface area contributed by atoms with Gasteiger partial charge in [0.05, 0.1) is 11.7 Å². The van der Waals surface area contributed by atoms with Gasteiger partial charge in [0.1, 0.15) is 4.83 Å². The molecule has 1 aromatic carbocycles. The van der Waals surface area contributed by atoms with Gasteiger partial charge >= 0.3 is 0 Å². The fraction of sp³-hybridized carbons (Fsp3) is 0.360. The van der Waals surface area contributed by atoms with Crippen molar-refractivity contribution in [3.63, 3.8) is 0 Å². The summed E-state index contributed by atoms with van der Waals surface area (Å²) < 4.78 is 1.89. The molecule has 5 heteroatoms. The molecule has 30 heavy (non-hydrogen) atoms. The minimum absolute atomic E-state index is 0.141. The van der Waals surface area contributed by atoms with Crippen LogP contribution in [0.2, 0.25) is 0 Å². The Bertz CT molecular complexity index is 1140. The number of rotatable bonds is 6. The fourth-order valence-electron chi connectivity index (χ4n) is 5.17. The van der Waals surface area contributed by atoms with Crippen LogP contribution in [0.25, 0.3) is 10.2 Å². The van der Waals surface area contributed by atoms with Crippen molar-refractivity contribution < 1.29 is 0 Å². The lowest BCUT2D eigenvalue weighted by molar-refractivity contribution is 0.221. The molecule has 0 N–H and O–H groups in total. The fourth-order valence-corrected chi connectivity index (χ4v) is 6.42. The highest BCUT2D eigenvalue weighted by molar-refractivity contribution is 7.18. The van der Waals surface area contributed by atoms with E-state index in [2.05, 4.69) is 42.3 Å². The van der Waals surface area contributed by atoms with Crippen LogP contribution in [-0.4, -0.2) is 33.6 Å². The van der Waals surface area contributed by atoms with Crippen LogP contribution in [-0.2, 0) is 25.7 Å². The van der Waals surface area contributed by atoms with E-state index < -0.39 is 0 Å². The van der Waals surface area contributed by atoms with Gasteiger partial charge in [-0.15, -0.1) is 24.5 Å². The molecule has 5 rings (SSSR count). The molecule has 0 aliphatic heterocycles. The molecule has 4 nitrogen and oxygen atoms in total. The molecular weight excluding hydrogens is 390 g/mol. The van der Waals surface area contributed by atoms with E-state index in [9.17, 15) is 4.79 Å². The van der Waals surface area contributed by atoms with E-state index in [1.54, 1.807) is 17.7 Å². The number of thiophene rings is 1. The summed E-state index contributed by atoms with van der Waals surface area (Å²) in [6.45, 7) is 9.54. The second-order valence-electron chi connectivity index (χ2n) is 8.40. The number of benzene rings is 1. The average molecular weight is 418 g/mol. The van der Waals surface area contributed by atoms with E-state index in [1.807, 2.05) is 16.7 Å². The van der Waals surface area contributed by atoms with E-state index in [4.69, 9.17) is 4.98 Å². The molecule has 1 atom stereocenters. The number of hydrogen-bond acceptors (Lipinski definition) is 4. The first-order valence-electron chi connectivity index (χ1n) is 10.7. The van der Waals surface area contributed by atoms with Crippen LogP contribution in [0, 0.1) is 0 Å². The van der Waals surface area contributed by atoms with Gasteiger partial charge in [-0.25, -0.2) is 4.98 Å². The molecule has 0 saturated carbocycles. The van der Waals surface area contributed by atoms with Crippen LogP contribution in [0.4, 0.5) is 0 Å². The molecule has 0 saturated heterocycles. The largest absolute Gasteiger partial charge is 0.295 e. The summed E-state index contributed by atoms with van der Waals surface area (Å²) in [5.41, 5.74) is 4.09.